The molecule has 0 bridgehead atoms. The van der Waals surface area contributed by atoms with Crippen molar-refractivity contribution in [3.63, 3.8) is 0 Å². The molecule has 1 aromatic heterocycles. The van der Waals surface area contributed by atoms with Crippen molar-refractivity contribution in [2.75, 3.05) is 31.6 Å². The Morgan fingerprint density at radius 1 is 1.20 bits per heavy atom. The van der Waals surface area contributed by atoms with E-state index in [1.165, 1.54) is 31.4 Å². The predicted octanol–water partition coefficient (Wildman–Crippen LogP) is 2.86. The fourth-order valence-electron chi connectivity index (χ4n) is 2.91. The Hall–Kier alpha value is -0.510. The summed E-state index contributed by atoms with van der Waals surface area (Å²) in [6.07, 6.45) is 10.3. The van der Waals surface area contributed by atoms with Gasteiger partial charge in [0.05, 0.1) is 0 Å². The minimum absolute atomic E-state index is 0. The lowest BCUT2D eigenvalue weighted by atomic mass is 10.2. The van der Waals surface area contributed by atoms with Gasteiger partial charge in [-0.1, -0.05) is 6.42 Å². The van der Waals surface area contributed by atoms with E-state index in [9.17, 15) is 0 Å². The number of rotatable bonds is 9. The van der Waals surface area contributed by atoms with E-state index >= 15 is 0 Å². The van der Waals surface area contributed by atoms with Gasteiger partial charge in [-0.05, 0) is 44.6 Å². The SMILES string of the molecule is CCNC(=NCCCCSC)NCCc1nnc2n1CCCCC2.I. The molecule has 6 nitrogen and oxygen atoms in total. The Labute approximate surface area is 173 Å². The van der Waals surface area contributed by atoms with Crippen molar-refractivity contribution in [1.29, 1.82) is 0 Å². The molecule has 0 saturated carbocycles. The number of aryl methyl sites for hydroxylation is 1. The van der Waals surface area contributed by atoms with Gasteiger partial charge >= 0.3 is 0 Å². The number of thioether (sulfide) groups is 1. The van der Waals surface area contributed by atoms with E-state index in [0.29, 0.717) is 0 Å². The largest absolute Gasteiger partial charge is 0.357 e. The van der Waals surface area contributed by atoms with E-state index in [4.69, 9.17) is 0 Å². The van der Waals surface area contributed by atoms with Crippen molar-refractivity contribution in [3.05, 3.63) is 11.6 Å². The maximum atomic E-state index is 4.65. The number of halogens is 1. The van der Waals surface area contributed by atoms with E-state index in [-0.39, 0.29) is 24.0 Å². The third kappa shape index (κ3) is 8.15. The van der Waals surface area contributed by atoms with Gasteiger partial charge < -0.3 is 15.2 Å². The second-order valence-electron chi connectivity index (χ2n) is 6.13. The van der Waals surface area contributed by atoms with Crippen LogP contribution < -0.4 is 10.6 Å². The van der Waals surface area contributed by atoms with Crippen molar-refractivity contribution < 1.29 is 0 Å². The van der Waals surface area contributed by atoms with Crippen LogP contribution in [0.1, 0.15) is 50.7 Å². The van der Waals surface area contributed by atoms with Crippen molar-refractivity contribution in [2.24, 2.45) is 4.99 Å². The molecule has 0 radical (unpaired) electrons. The van der Waals surface area contributed by atoms with Crippen LogP contribution in [0.4, 0.5) is 0 Å². The molecule has 0 aromatic carbocycles. The monoisotopic (exact) mass is 480 g/mol. The summed E-state index contributed by atoms with van der Waals surface area (Å²) in [5.41, 5.74) is 0. The Balaban J connectivity index is 0.00000312. The van der Waals surface area contributed by atoms with Gasteiger partial charge in [0.15, 0.2) is 5.96 Å². The van der Waals surface area contributed by atoms with Crippen LogP contribution in [0.5, 0.6) is 0 Å². The maximum absolute atomic E-state index is 4.65. The van der Waals surface area contributed by atoms with Crippen LogP contribution in [-0.2, 0) is 19.4 Å². The molecule has 2 N–H and O–H groups in total. The van der Waals surface area contributed by atoms with Gasteiger partial charge in [0.1, 0.15) is 11.6 Å². The van der Waals surface area contributed by atoms with Crippen LogP contribution in [0.25, 0.3) is 0 Å². The standard InChI is InChI=1S/C17H32N6S.HI/c1-3-18-17(19-11-6-8-14-24-2)20-12-10-16-22-21-15-9-5-4-7-13-23(15)16;/h3-14H2,1-2H3,(H2,18,19,20);1H. The molecule has 0 amide bonds. The van der Waals surface area contributed by atoms with E-state index in [1.54, 1.807) is 0 Å². The van der Waals surface area contributed by atoms with Gasteiger partial charge in [-0.25, -0.2) is 0 Å². The first kappa shape index (κ1) is 22.5. The van der Waals surface area contributed by atoms with Crippen LogP contribution in [0, 0.1) is 0 Å². The van der Waals surface area contributed by atoms with Gasteiger partial charge in [-0.3, -0.25) is 4.99 Å². The molecule has 1 aromatic rings. The molecule has 1 aliphatic heterocycles. The van der Waals surface area contributed by atoms with Crippen LogP contribution in [0.15, 0.2) is 4.99 Å². The third-order valence-corrected chi connectivity index (χ3v) is 4.89. The van der Waals surface area contributed by atoms with Crippen molar-refractivity contribution in [2.45, 2.75) is 58.4 Å². The Kier molecular flexibility index (Phi) is 12.3. The second kappa shape index (κ2) is 13.7. The zero-order chi connectivity index (χ0) is 17.0. The quantitative estimate of drug-likeness (QED) is 0.246. The summed E-state index contributed by atoms with van der Waals surface area (Å²) in [5, 5.41) is 15.5. The zero-order valence-electron chi connectivity index (χ0n) is 15.6. The van der Waals surface area contributed by atoms with Crippen LogP contribution in [0.3, 0.4) is 0 Å². The summed E-state index contributed by atoms with van der Waals surface area (Å²) >= 11 is 1.90. The first-order valence-electron chi connectivity index (χ1n) is 9.27. The molecule has 0 aliphatic carbocycles. The predicted molar refractivity (Wildman–Crippen MR) is 118 cm³/mol. The number of fused-ring (bicyclic) bond motifs is 1. The molecule has 1 aliphatic rings. The number of aromatic nitrogens is 3. The fraction of sp³-hybridized carbons (Fsp3) is 0.824. The zero-order valence-corrected chi connectivity index (χ0v) is 18.7. The molecule has 0 fully saturated rings. The molecule has 0 spiro atoms. The number of aliphatic imine (C=N–C) groups is 1. The highest BCUT2D eigenvalue weighted by Crippen LogP contribution is 2.14. The second-order valence-corrected chi connectivity index (χ2v) is 7.12. The lowest BCUT2D eigenvalue weighted by molar-refractivity contribution is 0.600. The molecule has 0 atom stereocenters. The molecule has 2 rings (SSSR count). The van der Waals surface area contributed by atoms with Crippen molar-refractivity contribution in [3.8, 4) is 0 Å². The number of guanidine groups is 1. The minimum Gasteiger partial charge on any atom is -0.357 e. The van der Waals surface area contributed by atoms with Crippen LogP contribution >= 0.6 is 35.7 Å². The van der Waals surface area contributed by atoms with Crippen molar-refractivity contribution >= 4 is 41.7 Å². The summed E-state index contributed by atoms with van der Waals surface area (Å²) < 4.78 is 2.32. The molecular formula is C17H33IN6S. The highest BCUT2D eigenvalue weighted by molar-refractivity contribution is 14.0. The minimum atomic E-state index is 0. The molecule has 0 unspecified atom stereocenters. The average molecular weight is 480 g/mol. The maximum Gasteiger partial charge on any atom is 0.191 e. The lowest BCUT2D eigenvalue weighted by Crippen LogP contribution is -2.38. The third-order valence-electron chi connectivity index (χ3n) is 4.20. The van der Waals surface area contributed by atoms with Crippen LogP contribution in [-0.4, -0.2) is 52.4 Å². The Bertz CT molecular complexity index is 505. The van der Waals surface area contributed by atoms with Crippen LogP contribution in [0.2, 0.25) is 0 Å². The molecule has 0 saturated heterocycles. The number of nitrogens with zero attached hydrogens (tertiary/aromatic N) is 4. The molecular weight excluding hydrogens is 447 g/mol. The molecule has 8 heteroatoms. The number of unbranched alkanes of at least 4 members (excludes halogenated alkanes) is 1. The number of hydrogen-bond donors (Lipinski definition) is 2. The summed E-state index contributed by atoms with van der Waals surface area (Å²) in [6.45, 7) is 5.78. The van der Waals surface area contributed by atoms with E-state index in [1.807, 2.05) is 11.8 Å². The molecule has 144 valence electrons. The fourth-order valence-corrected chi connectivity index (χ4v) is 3.41. The summed E-state index contributed by atoms with van der Waals surface area (Å²) in [5.74, 6) is 4.40. The molecule has 2 heterocycles. The lowest BCUT2D eigenvalue weighted by Gasteiger charge is -2.12. The first-order chi connectivity index (χ1) is 11.8. The Morgan fingerprint density at radius 3 is 2.88 bits per heavy atom. The van der Waals surface area contributed by atoms with Gasteiger partial charge in [-0.15, -0.1) is 34.2 Å². The number of hydrogen-bond acceptors (Lipinski definition) is 4. The van der Waals surface area contributed by atoms with Gasteiger partial charge in [-0.2, -0.15) is 11.8 Å². The topological polar surface area (TPSA) is 67.1 Å². The smallest absolute Gasteiger partial charge is 0.191 e. The van der Waals surface area contributed by atoms with Gasteiger partial charge in [0, 0.05) is 39.0 Å². The van der Waals surface area contributed by atoms with Gasteiger partial charge in [0.25, 0.3) is 0 Å². The van der Waals surface area contributed by atoms with E-state index < -0.39 is 0 Å². The van der Waals surface area contributed by atoms with E-state index in [2.05, 4.69) is 43.6 Å². The average Bonchev–Trinajstić information content (AvgIpc) is 2.81. The normalized spacial score (nSPS) is 14.4. The molecule has 25 heavy (non-hydrogen) atoms. The van der Waals surface area contributed by atoms with Crippen molar-refractivity contribution in [1.82, 2.24) is 25.4 Å². The number of nitrogens with one attached hydrogen (secondary N) is 2. The Morgan fingerprint density at radius 2 is 2.08 bits per heavy atom. The highest BCUT2D eigenvalue weighted by Gasteiger charge is 2.14. The van der Waals surface area contributed by atoms with Gasteiger partial charge in [0.2, 0.25) is 0 Å². The van der Waals surface area contributed by atoms with E-state index in [0.717, 1.165) is 63.0 Å². The summed E-state index contributed by atoms with van der Waals surface area (Å²) in [6, 6.07) is 0. The highest BCUT2D eigenvalue weighted by atomic mass is 127. The summed E-state index contributed by atoms with van der Waals surface area (Å²) in [4.78, 5) is 4.65. The first-order valence-corrected chi connectivity index (χ1v) is 10.7. The summed E-state index contributed by atoms with van der Waals surface area (Å²) in [7, 11) is 0.